The van der Waals surface area contributed by atoms with Crippen LogP contribution in [0.25, 0.3) is 0 Å². The molecule has 3 rings (SSSR count). The molecule has 0 radical (unpaired) electrons. The molecule has 1 aromatic rings. The molecule has 2 aliphatic rings. The van der Waals surface area contributed by atoms with Crippen molar-refractivity contribution in [2.45, 2.75) is 38.0 Å². The Morgan fingerprint density at radius 2 is 2.23 bits per heavy atom. The van der Waals surface area contributed by atoms with Gasteiger partial charge in [-0.2, -0.15) is 0 Å². The maximum absolute atomic E-state index is 6.41. The van der Waals surface area contributed by atoms with Crippen LogP contribution in [0.3, 0.4) is 0 Å². The van der Waals surface area contributed by atoms with Crippen LogP contribution in [0.5, 0.6) is 0 Å². The van der Waals surface area contributed by atoms with Gasteiger partial charge in [0, 0.05) is 19.6 Å². The molecule has 0 aromatic carbocycles. The Balaban J connectivity index is 1.62. The molecule has 1 spiro atoms. The molecule has 0 bridgehead atoms. The summed E-state index contributed by atoms with van der Waals surface area (Å²) in [6, 6.07) is 4.09. The normalized spacial score (nSPS) is 30.3. The molecule has 2 saturated heterocycles. The lowest BCUT2D eigenvalue weighted by Crippen LogP contribution is -2.44. The molecule has 0 unspecified atom stereocenters. The quantitative estimate of drug-likeness (QED) is 0.849. The van der Waals surface area contributed by atoms with Crippen molar-refractivity contribution in [3.05, 3.63) is 23.7 Å². The summed E-state index contributed by atoms with van der Waals surface area (Å²) in [4.78, 5) is 4.61. The predicted octanol–water partition coefficient (Wildman–Crippen LogP) is 1.90. The first kappa shape index (κ1) is 16.0. The Morgan fingerprint density at radius 1 is 1.36 bits per heavy atom. The zero-order valence-electron chi connectivity index (χ0n) is 14.0. The highest BCUT2D eigenvalue weighted by Gasteiger charge is 2.43. The largest absolute Gasteiger partial charge is 0.465 e. The molecule has 2 atom stereocenters. The topological polar surface area (TPSA) is 38.1 Å². The SMILES string of the molecule is Cc1ccc(CN2CCOC[C@]3(CC[C@H](CN(C)C)O3)C2)o1. The summed E-state index contributed by atoms with van der Waals surface area (Å²) in [5.74, 6) is 2.00. The van der Waals surface area contributed by atoms with Crippen LogP contribution in [0.4, 0.5) is 0 Å². The van der Waals surface area contributed by atoms with Gasteiger partial charge in [0.15, 0.2) is 0 Å². The van der Waals surface area contributed by atoms with Crippen LogP contribution in [0, 0.1) is 6.92 Å². The first-order valence-corrected chi connectivity index (χ1v) is 8.23. The van der Waals surface area contributed by atoms with Crippen molar-refractivity contribution >= 4 is 0 Å². The molecule has 5 nitrogen and oxygen atoms in total. The maximum Gasteiger partial charge on any atom is 0.118 e. The van der Waals surface area contributed by atoms with Gasteiger partial charge in [0.2, 0.25) is 0 Å². The summed E-state index contributed by atoms with van der Waals surface area (Å²) in [7, 11) is 4.20. The summed E-state index contributed by atoms with van der Waals surface area (Å²) in [6.07, 6.45) is 2.53. The van der Waals surface area contributed by atoms with E-state index in [1.165, 1.54) is 0 Å². The molecule has 1 aromatic heterocycles. The first-order valence-electron chi connectivity index (χ1n) is 8.23. The summed E-state index contributed by atoms with van der Waals surface area (Å²) in [5.41, 5.74) is -0.140. The lowest BCUT2D eigenvalue weighted by Gasteiger charge is -2.32. The van der Waals surface area contributed by atoms with Crippen LogP contribution in [0.2, 0.25) is 0 Å². The van der Waals surface area contributed by atoms with Crippen molar-refractivity contribution in [2.24, 2.45) is 0 Å². The van der Waals surface area contributed by atoms with E-state index in [-0.39, 0.29) is 5.60 Å². The van der Waals surface area contributed by atoms with E-state index in [1.54, 1.807) is 0 Å². The zero-order valence-corrected chi connectivity index (χ0v) is 14.0. The summed E-state index contributed by atoms with van der Waals surface area (Å²) in [6.45, 7) is 7.15. The van der Waals surface area contributed by atoms with E-state index in [4.69, 9.17) is 13.9 Å². The second-order valence-electron chi connectivity index (χ2n) is 7.00. The third kappa shape index (κ3) is 3.90. The number of hydrogen-bond acceptors (Lipinski definition) is 5. The molecule has 0 N–H and O–H groups in total. The molecule has 0 aliphatic carbocycles. The summed E-state index contributed by atoms with van der Waals surface area (Å²) >= 11 is 0. The molecule has 0 saturated carbocycles. The third-order valence-corrected chi connectivity index (χ3v) is 4.51. The lowest BCUT2D eigenvalue weighted by molar-refractivity contribution is -0.0904. The predicted molar refractivity (Wildman–Crippen MR) is 84.9 cm³/mol. The highest BCUT2D eigenvalue weighted by atomic mass is 16.6. The second kappa shape index (κ2) is 6.71. The number of nitrogens with zero attached hydrogens (tertiary/aromatic N) is 2. The van der Waals surface area contributed by atoms with Crippen LogP contribution in [0.1, 0.15) is 24.4 Å². The fraction of sp³-hybridized carbons (Fsp3) is 0.765. The van der Waals surface area contributed by atoms with Gasteiger partial charge >= 0.3 is 0 Å². The molecule has 0 amide bonds. The Kier molecular flexibility index (Phi) is 4.88. The average molecular weight is 308 g/mol. The minimum Gasteiger partial charge on any atom is -0.465 e. The molecular weight excluding hydrogens is 280 g/mol. The smallest absolute Gasteiger partial charge is 0.118 e. The number of aryl methyl sites for hydroxylation is 1. The molecule has 3 heterocycles. The van der Waals surface area contributed by atoms with E-state index < -0.39 is 0 Å². The number of rotatable bonds is 4. The number of furan rings is 1. The van der Waals surface area contributed by atoms with Gasteiger partial charge in [-0.3, -0.25) is 4.90 Å². The van der Waals surface area contributed by atoms with Gasteiger partial charge in [-0.05, 0) is 46.0 Å². The van der Waals surface area contributed by atoms with Gasteiger partial charge in [0.1, 0.15) is 17.1 Å². The van der Waals surface area contributed by atoms with Crippen molar-refractivity contribution < 1.29 is 13.9 Å². The molecule has 2 fully saturated rings. The highest BCUT2D eigenvalue weighted by Crippen LogP contribution is 2.33. The fourth-order valence-electron chi connectivity index (χ4n) is 3.56. The van der Waals surface area contributed by atoms with Crippen molar-refractivity contribution in [3.63, 3.8) is 0 Å². The van der Waals surface area contributed by atoms with Gasteiger partial charge in [0.05, 0.1) is 25.9 Å². The summed E-state index contributed by atoms with van der Waals surface area (Å²) < 4.78 is 18.0. The molecular formula is C17H28N2O3. The fourth-order valence-corrected chi connectivity index (χ4v) is 3.56. The van der Waals surface area contributed by atoms with Gasteiger partial charge in [0.25, 0.3) is 0 Å². The van der Waals surface area contributed by atoms with E-state index in [9.17, 15) is 0 Å². The van der Waals surface area contributed by atoms with Crippen molar-refractivity contribution in [3.8, 4) is 0 Å². The molecule has 124 valence electrons. The standard InChI is InChI=1S/C17H28N2O3/c1-14-4-5-15(21-14)11-19-8-9-20-13-17(12-19)7-6-16(22-17)10-18(2)3/h4-5,16H,6-13H2,1-3H3/t16-,17+/m1/s1. The van der Waals surface area contributed by atoms with Gasteiger partial charge in [-0.15, -0.1) is 0 Å². The van der Waals surface area contributed by atoms with Crippen molar-refractivity contribution in [1.82, 2.24) is 9.80 Å². The maximum atomic E-state index is 6.41. The van der Waals surface area contributed by atoms with Gasteiger partial charge < -0.3 is 18.8 Å². The number of ether oxygens (including phenoxy) is 2. The van der Waals surface area contributed by atoms with Crippen molar-refractivity contribution in [1.29, 1.82) is 0 Å². The lowest BCUT2D eigenvalue weighted by atomic mass is 10.00. The minimum absolute atomic E-state index is 0.140. The Labute approximate surface area is 133 Å². The van der Waals surface area contributed by atoms with E-state index in [2.05, 4.69) is 30.0 Å². The minimum atomic E-state index is -0.140. The highest BCUT2D eigenvalue weighted by molar-refractivity contribution is 5.06. The molecule has 2 aliphatic heterocycles. The van der Waals surface area contributed by atoms with Gasteiger partial charge in [-0.25, -0.2) is 0 Å². The summed E-state index contributed by atoms with van der Waals surface area (Å²) in [5, 5.41) is 0. The first-order chi connectivity index (χ1) is 10.5. The van der Waals surface area contributed by atoms with E-state index in [1.807, 2.05) is 13.0 Å². The molecule has 22 heavy (non-hydrogen) atoms. The average Bonchev–Trinajstić information content (AvgIpc) is 2.95. The van der Waals surface area contributed by atoms with Crippen LogP contribution in [-0.2, 0) is 16.0 Å². The second-order valence-corrected chi connectivity index (χ2v) is 7.00. The van der Waals surface area contributed by atoms with Crippen molar-refractivity contribution in [2.75, 3.05) is 46.9 Å². The van der Waals surface area contributed by atoms with Gasteiger partial charge in [-0.1, -0.05) is 0 Å². The zero-order chi connectivity index (χ0) is 15.6. The Hall–Kier alpha value is -0.880. The van der Waals surface area contributed by atoms with Crippen LogP contribution >= 0.6 is 0 Å². The van der Waals surface area contributed by atoms with E-state index >= 15 is 0 Å². The Bertz CT molecular complexity index is 488. The van der Waals surface area contributed by atoms with Crippen LogP contribution < -0.4 is 0 Å². The van der Waals surface area contributed by atoms with E-state index in [0.717, 1.165) is 57.1 Å². The number of hydrogen-bond donors (Lipinski definition) is 0. The monoisotopic (exact) mass is 308 g/mol. The third-order valence-electron chi connectivity index (χ3n) is 4.51. The van der Waals surface area contributed by atoms with E-state index in [0.29, 0.717) is 12.7 Å². The van der Waals surface area contributed by atoms with Crippen LogP contribution in [0.15, 0.2) is 16.5 Å². The Morgan fingerprint density at radius 3 is 2.95 bits per heavy atom. The number of likely N-dealkylation sites (N-methyl/N-ethyl adjacent to an activating group) is 1. The molecule has 5 heteroatoms. The van der Waals surface area contributed by atoms with Crippen LogP contribution in [-0.4, -0.2) is 68.4 Å².